The van der Waals surface area contributed by atoms with Gasteiger partial charge in [-0.25, -0.2) is 4.79 Å². The molecule has 3 aliphatic rings. The third kappa shape index (κ3) is 2.86. The Kier molecular flexibility index (Phi) is 3.95. The summed E-state index contributed by atoms with van der Waals surface area (Å²) in [7, 11) is 0. The van der Waals surface area contributed by atoms with Crippen LogP contribution in [0.25, 0.3) is 0 Å². The molecule has 4 nitrogen and oxygen atoms in total. The summed E-state index contributed by atoms with van der Waals surface area (Å²) in [5.74, 6) is -0.180. The van der Waals surface area contributed by atoms with Gasteiger partial charge >= 0.3 is 5.97 Å². The van der Waals surface area contributed by atoms with Crippen molar-refractivity contribution in [2.75, 3.05) is 13.1 Å². The minimum atomic E-state index is -1.80. The van der Waals surface area contributed by atoms with Gasteiger partial charge in [0.1, 0.15) is 19.6 Å². The van der Waals surface area contributed by atoms with Crippen LogP contribution in [0.15, 0.2) is 84.9 Å². The van der Waals surface area contributed by atoms with Crippen molar-refractivity contribution in [1.82, 2.24) is 0 Å². The van der Waals surface area contributed by atoms with Crippen molar-refractivity contribution in [2.24, 2.45) is 5.92 Å². The first-order valence-electron chi connectivity index (χ1n) is 11.0. The van der Waals surface area contributed by atoms with E-state index in [1.54, 1.807) is 0 Å². The lowest BCUT2D eigenvalue weighted by Crippen LogP contribution is -2.48. The maximum atomic E-state index is 13.6. The van der Waals surface area contributed by atoms with Gasteiger partial charge in [0.25, 0.3) is 0 Å². The van der Waals surface area contributed by atoms with Gasteiger partial charge in [-0.1, -0.05) is 84.9 Å². The first kappa shape index (κ1) is 18.8. The van der Waals surface area contributed by atoms with E-state index in [1.807, 2.05) is 54.6 Å². The average Bonchev–Trinajstić information content (AvgIpc) is 3.34. The fourth-order valence-electron chi connectivity index (χ4n) is 6.00. The zero-order valence-corrected chi connectivity index (χ0v) is 17.4. The van der Waals surface area contributed by atoms with Crippen molar-refractivity contribution in [3.8, 4) is 0 Å². The fourth-order valence-corrected chi connectivity index (χ4v) is 6.00. The quantitative estimate of drug-likeness (QED) is 0.526. The zero-order valence-electron chi connectivity index (χ0n) is 17.4. The van der Waals surface area contributed by atoms with Crippen LogP contribution >= 0.6 is 0 Å². The van der Waals surface area contributed by atoms with E-state index in [4.69, 9.17) is 4.74 Å². The predicted octanol–water partition coefficient (Wildman–Crippen LogP) is 3.77. The van der Waals surface area contributed by atoms with E-state index in [0.29, 0.717) is 17.0 Å². The molecule has 0 aromatic heterocycles. The Morgan fingerprint density at radius 2 is 1.61 bits per heavy atom. The van der Waals surface area contributed by atoms with E-state index in [-0.39, 0.29) is 0 Å². The van der Waals surface area contributed by atoms with Crippen LogP contribution in [0, 0.1) is 5.92 Å². The molecule has 2 fully saturated rings. The summed E-state index contributed by atoms with van der Waals surface area (Å²) < 4.78 is 7.06. The van der Waals surface area contributed by atoms with Gasteiger partial charge in [0.2, 0.25) is 5.60 Å². The highest BCUT2D eigenvalue weighted by atomic mass is 16.6. The zero-order chi connectivity index (χ0) is 21.1. The number of esters is 1. The second-order valence-electron chi connectivity index (χ2n) is 9.57. The maximum absolute atomic E-state index is 13.6. The van der Waals surface area contributed by atoms with E-state index < -0.39 is 17.2 Å². The van der Waals surface area contributed by atoms with E-state index in [1.165, 1.54) is 5.56 Å². The minimum Gasteiger partial charge on any atom is -0.450 e. The molecule has 0 radical (unpaired) electrons. The number of ether oxygens (including phenoxy) is 1. The SMILES string of the molecule is O=C1O[C@]23C[C@@H]2C[N+](Cc2ccccc2)(Cc2ccccc2C1(O)c1ccccc1)C3. The van der Waals surface area contributed by atoms with Gasteiger partial charge < -0.3 is 14.3 Å². The number of hydrogen-bond donors (Lipinski definition) is 1. The van der Waals surface area contributed by atoms with Gasteiger partial charge in [0.05, 0.1) is 12.5 Å². The lowest BCUT2D eigenvalue weighted by molar-refractivity contribution is -0.948. The number of carbonyl (C=O) groups is 1. The number of quaternary nitrogens is 1. The highest BCUT2D eigenvalue weighted by Crippen LogP contribution is 2.58. The van der Waals surface area contributed by atoms with E-state index in [9.17, 15) is 9.90 Å². The normalized spacial score (nSPS) is 33.3. The molecule has 2 heterocycles. The van der Waals surface area contributed by atoms with Gasteiger partial charge in [0, 0.05) is 23.1 Å². The molecule has 3 aromatic rings. The monoisotopic (exact) mass is 412 g/mol. The van der Waals surface area contributed by atoms with Crippen LogP contribution in [0.1, 0.15) is 28.7 Å². The topological polar surface area (TPSA) is 46.5 Å². The minimum absolute atomic E-state index is 0.366. The van der Waals surface area contributed by atoms with Gasteiger partial charge in [0.15, 0.2) is 5.60 Å². The van der Waals surface area contributed by atoms with E-state index in [0.717, 1.165) is 42.6 Å². The maximum Gasteiger partial charge on any atom is 0.348 e. The molecule has 1 spiro atoms. The molecule has 1 aliphatic carbocycles. The third-order valence-electron chi connectivity index (χ3n) is 7.44. The summed E-state index contributed by atoms with van der Waals surface area (Å²) in [6.07, 6.45) is 0.898. The van der Waals surface area contributed by atoms with Crippen LogP contribution < -0.4 is 0 Å². The number of nitrogens with zero attached hydrogens (tertiary/aromatic N) is 1. The number of piperidine rings is 1. The smallest absolute Gasteiger partial charge is 0.348 e. The molecule has 1 N–H and O–H groups in total. The lowest BCUT2D eigenvalue weighted by Gasteiger charge is -2.37. The molecular weight excluding hydrogens is 386 g/mol. The van der Waals surface area contributed by atoms with Crippen LogP contribution in [0.3, 0.4) is 0 Å². The van der Waals surface area contributed by atoms with Gasteiger partial charge in [-0.15, -0.1) is 0 Å². The third-order valence-corrected chi connectivity index (χ3v) is 7.44. The van der Waals surface area contributed by atoms with Crippen molar-refractivity contribution in [3.63, 3.8) is 0 Å². The second-order valence-corrected chi connectivity index (χ2v) is 9.57. The summed E-state index contributed by atoms with van der Waals surface area (Å²) in [4.78, 5) is 13.6. The number of aliphatic hydroxyl groups is 1. The number of benzene rings is 3. The molecule has 6 rings (SSSR count). The molecule has 4 heteroatoms. The molecular formula is C27H26NO3+. The molecule has 2 aliphatic heterocycles. The number of carbonyl (C=O) groups excluding carboxylic acids is 1. The molecule has 2 bridgehead atoms. The van der Waals surface area contributed by atoms with Crippen molar-refractivity contribution in [3.05, 3.63) is 107 Å². The van der Waals surface area contributed by atoms with E-state index in [2.05, 4.69) is 30.3 Å². The largest absolute Gasteiger partial charge is 0.450 e. The molecule has 0 amide bonds. The van der Waals surface area contributed by atoms with Crippen LogP contribution in [-0.2, 0) is 28.2 Å². The molecule has 156 valence electrons. The summed E-state index contributed by atoms with van der Waals surface area (Å²) in [5.41, 5.74) is 1.25. The van der Waals surface area contributed by atoms with Crippen LogP contribution in [0.2, 0.25) is 0 Å². The lowest BCUT2D eigenvalue weighted by atomic mass is 9.83. The predicted molar refractivity (Wildman–Crippen MR) is 117 cm³/mol. The summed E-state index contributed by atoms with van der Waals surface area (Å²) in [5, 5.41) is 11.9. The summed E-state index contributed by atoms with van der Waals surface area (Å²) in [6, 6.07) is 27.6. The van der Waals surface area contributed by atoms with Gasteiger partial charge in [-0.3, -0.25) is 0 Å². The molecule has 3 aromatic carbocycles. The Hall–Kier alpha value is -2.95. The number of rotatable bonds is 3. The Balaban J connectivity index is 1.51. The number of hydrogen-bond acceptors (Lipinski definition) is 3. The first-order valence-corrected chi connectivity index (χ1v) is 11.0. The van der Waals surface area contributed by atoms with Crippen molar-refractivity contribution in [1.29, 1.82) is 0 Å². The molecule has 1 saturated carbocycles. The highest BCUT2D eigenvalue weighted by molar-refractivity contribution is 5.86. The highest BCUT2D eigenvalue weighted by Gasteiger charge is 2.72. The van der Waals surface area contributed by atoms with Gasteiger partial charge in [-0.2, -0.15) is 0 Å². The Labute approximate surface area is 182 Å². The van der Waals surface area contributed by atoms with Crippen LogP contribution in [0.4, 0.5) is 0 Å². The Morgan fingerprint density at radius 3 is 2.39 bits per heavy atom. The summed E-state index contributed by atoms with van der Waals surface area (Å²) >= 11 is 0. The fraction of sp³-hybridized carbons (Fsp3) is 0.296. The molecule has 2 unspecified atom stereocenters. The second kappa shape index (κ2) is 6.52. The molecule has 31 heavy (non-hydrogen) atoms. The standard InChI is InChI=1S/C27H26NO3/c29-25-27(30,22-12-5-2-6-13-22)24-14-8-7-11-21(24)17-28(16-20-9-3-1-4-10-20)18-23-15-26(23,19-28)31-25/h1-14,23,30H,15-19H2/q+1/t23-,26+,27?,28?/m1/s1. The summed E-state index contributed by atoms with van der Waals surface area (Å²) in [6.45, 7) is 3.47. The van der Waals surface area contributed by atoms with Crippen LogP contribution in [0.5, 0.6) is 0 Å². The Bertz CT molecular complexity index is 1150. The van der Waals surface area contributed by atoms with Gasteiger partial charge in [-0.05, 0) is 5.56 Å². The van der Waals surface area contributed by atoms with Crippen molar-refractivity contribution >= 4 is 5.97 Å². The van der Waals surface area contributed by atoms with Crippen LogP contribution in [-0.4, -0.2) is 34.2 Å². The average molecular weight is 413 g/mol. The first-order chi connectivity index (χ1) is 15.0. The van der Waals surface area contributed by atoms with Crippen molar-refractivity contribution in [2.45, 2.75) is 30.7 Å². The van der Waals surface area contributed by atoms with E-state index >= 15 is 0 Å². The Morgan fingerprint density at radius 1 is 0.935 bits per heavy atom. The number of fused-ring (bicyclic) bond motifs is 2. The van der Waals surface area contributed by atoms with Crippen molar-refractivity contribution < 1.29 is 19.1 Å². The molecule has 4 atom stereocenters. The molecule has 1 saturated heterocycles.